The van der Waals surface area contributed by atoms with E-state index in [1.165, 1.54) is 0 Å². The van der Waals surface area contributed by atoms with Gasteiger partial charge in [-0.25, -0.2) is 0 Å². The molecule has 6 nitrogen and oxygen atoms in total. The molecule has 0 saturated heterocycles. The minimum Gasteiger partial charge on any atom is -0.357 e. The molecule has 13 heavy (non-hydrogen) atoms. The predicted octanol–water partition coefficient (Wildman–Crippen LogP) is 0.918. The minimum absolute atomic E-state index is 0.298. The van der Waals surface area contributed by atoms with Crippen molar-refractivity contribution in [3.8, 4) is 0 Å². The first kappa shape index (κ1) is 10.1. The van der Waals surface area contributed by atoms with Gasteiger partial charge in [-0.1, -0.05) is 0 Å². The molecule has 0 aromatic carbocycles. The fourth-order valence-electron chi connectivity index (χ4n) is 0.765. The van der Waals surface area contributed by atoms with Crippen molar-refractivity contribution in [3.05, 3.63) is 5.82 Å². The Morgan fingerprint density at radius 2 is 2.00 bits per heavy atom. The van der Waals surface area contributed by atoms with E-state index in [4.69, 9.17) is 0 Å². The van der Waals surface area contributed by atoms with E-state index in [0.717, 1.165) is 0 Å². The molecule has 0 atom stereocenters. The number of rotatable bonds is 4. The zero-order valence-corrected chi connectivity index (χ0v) is 8.92. The number of nitrogens with zero attached hydrogens (tertiary/aromatic N) is 3. The minimum atomic E-state index is 0.298. The fourth-order valence-corrected chi connectivity index (χ4v) is 0.879. The summed E-state index contributed by atoms with van der Waals surface area (Å²) in [6.45, 7) is 2.09. The van der Waals surface area contributed by atoms with Crippen LogP contribution in [0.3, 0.4) is 0 Å². The lowest BCUT2D eigenvalue weighted by atomic mass is 10.7. The highest BCUT2D eigenvalue weighted by Crippen LogP contribution is 2.03. The molecule has 0 saturated carbocycles. The van der Waals surface area contributed by atoms with Crippen LogP contribution in [0.1, 0.15) is 5.82 Å². The zero-order valence-electron chi connectivity index (χ0n) is 7.33. The summed E-state index contributed by atoms with van der Waals surface area (Å²) in [6.07, 6.45) is 0. The summed E-state index contributed by atoms with van der Waals surface area (Å²) in [7, 11) is 1.75. The number of aryl methyl sites for hydroxylation is 1. The van der Waals surface area contributed by atoms with Crippen LogP contribution in [-0.4, -0.2) is 28.7 Å². The van der Waals surface area contributed by atoms with Crippen LogP contribution in [0.2, 0.25) is 0 Å². The summed E-state index contributed by atoms with van der Waals surface area (Å²) in [5, 5.41) is 5.67. The largest absolute Gasteiger partial charge is 0.357 e. The molecule has 0 spiro atoms. The first-order chi connectivity index (χ1) is 6.26. The lowest BCUT2D eigenvalue weighted by Crippen LogP contribution is -2.09. The van der Waals surface area contributed by atoms with Gasteiger partial charge in [-0.2, -0.15) is 15.0 Å². The van der Waals surface area contributed by atoms with Crippen LogP contribution >= 0.6 is 16.3 Å². The average molecular weight is 248 g/mol. The number of aromatic nitrogens is 3. The Morgan fingerprint density at radius 1 is 1.31 bits per heavy atom. The molecule has 0 fully saturated rings. The fraction of sp³-hybridized carbons (Fsp3) is 0.500. The maximum Gasteiger partial charge on any atom is 0.229 e. The summed E-state index contributed by atoms with van der Waals surface area (Å²) in [5.41, 5.74) is 0. The molecule has 0 bridgehead atoms. The van der Waals surface area contributed by atoms with Crippen LogP contribution in [0.15, 0.2) is 0 Å². The summed E-state index contributed by atoms with van der Waals surface area (Å²) >= 11 is 2.81. The van der Waals surface area contributed by atoms with Crippen molar-refractivity contribution in [3.63, 3.8) is 0 Å². The molecule has 1 aromatic rings. The topological polar surface area (TPSA) is 72.0 Å². The lowest BCUT2D eigenvalue weighted by molar-refractivity contribution is 0.432. The van der Waals surface area contributed by atoms with Gasteiger partial charge in [0.05, 0.1) is 0 Å². The number of hydrogen-bond acceptors (Lipinski definition) is 6. The Balaban J connectivity index is 2.76. The monoisotopic (exact) mass is 247 g/mol. The molecule has 0 aliphatic carbocycles. The molecular weight excluding hydrogens is 238 g/mol. The zero-order chi connectivity index (χ0) is 9.68. The van der Waals surface area contributed by atoms with Gasteiger partial charge < -0.3 is 10.6 Å². The molecule has 7 heteroatoms. The third-order valence-electron chi connectivity index (χ3n) is 1.26. The normalized spacial score (nSPS) is 9.77. The average Bonchev–Trinajstić information content (AvgIpc) is 2.14. The molecule has 0 aliphatic heterocycles. The number of anilines is 2. The maximum atomic E-state index is 4.64. The third-order valence-corrected chi connectivity index (χ3v) is 1.48. The van der Waals surface area contributed by atoms with E-state index in [1.54, 1.807) is 14.0 Å². The predicted molar refractivity (Wildman–Crippen MR) is 52.6 cm³/mol. The van der Waals surface area contributed by atoms with Crippen molar-refractivity contribution < 1.29 is 3.83 Å². The second-order valence-corrected chi connectivity index (χ2v) is 2.67. The Bertz CT molecular complexity index is 282. The molecule has 1 aromatic heterocycles. The van der Waals surface area contributed by atoms with Crippen LogP contribution in [-0.2, 0) is 3.83 Å². The highest BCUT2D eigenvalue weighted by molar-refractivity contribution is 9.06. The van der Waals surface area contributed by atoms with E-state index in [9.17, 15) is 0 Å². The smallest absolute Gasteiger partial charge is 0.229 e. The molecule has 0 unspecified atom stereocenters. The SMILES string of the molecule is CNc1nc(C)nc(NCOBr)n1. The molecule has 2 N–H and O–H groups in total. The first-order valence-corrected chi connectivity index (χ1v) is 4.29. The van der Waals surface area contributed by atoms with Crippen LogP contribution in [0, 0.1) is 6.92 Å². The quantitative estimate of drug-likeness (QED) is 0.772. The summed E-state index contributed by atoms with van der Waals surface area (Å²) < 4.78 is 4.64. The van der Waals surface area contributed by atoms with Gasteiger partial charge in [-0.15, -0.1) is 0 Å². The number of nitrogens with one attached hydrogen (secondary N) is 2. The highest BCUT2D eigenvalue weighted by Gasteiger charge is 2.00. The summed E-state index contributed by atoms with van der Waals surface area (Å²) in [6, 6.07) is 0. The Kier molecular flexibility index (Phi) is 3.84. The van der Waals surface area contributed by atoms with Gasteiger partial charge in [0.25, 0.3) is 0 Å². The van der Waals surface area contributed by atoms with Crippen molar-refractivity contribution in [1.29, 1.82) is 0 Å². The second kappa shape index (κ2) is 4.93. The Labute approximate surface area is 84.6 Å². The standard InChI is InChI=1S/C6H10BrN5O/c1-4-10-5(8-2)12-6(11-4)9-3-13-7/h3H2,1-2H3,(H2,8,9,10,11,12). The van der Waals surface area contributed by atoms with Gasteiger partial charge >= 0.3 is 0 Å². The van der Waals surface area contributed by atoms with Gasteiger partial charge in [-0.3, -0.25) is 3.83 Å². The van der Waals surface area contributed by atoms with E-state index in [1.807, 2.05) is 0 Å². The van der Waals surface area contributed by atoms with Gasteiger partial charge in [0.2, 0.25) is 11.9 Å². The van der Waals surface area contributed by atoms with Crippen LogP contribution in [0.25, 0.3) is 0 Å². The van der Waals surface area contributed by atoms with Gasteiger partial charge in [0.1, 0.15) is 28.8 Å². The van der Waals surface area contributed by atoms with Crippen molar-refractivity contribution in [1.82, 2.24) is 15.0 Å². The number of hydrogen-bond donors (Lipinski definition) is 2. The molecule has 1 heterocycles. The van der Waals surface area contributed by atoms with Crippen LogP contribution in [0.5, 0.6) is 0 Å². The Hall–Kier alpha value is -0.950. The van der Waals surface area contributed by atoms with Gasteiger partial charge in [-0.05, 0) is 6.92 Å². The van der Waals surface area contributed by atoms with Crippen LogP contribution in [0.4, 0.5) is 11.9 Å². The van der Waals surface area contributed by atoms with Crippen molar-refractivity contribution >= 4 is 28.2 Å². The van der Waals surface area contributed by atoms with Crippen LogP contribution < -0.4 is 10.6 Å². The van der Waals surface area contributed by atoms with Crippen molar-refractivity contribution in [2.45, 2.75) is 6.92 Å². The third kappa shape index (κ3) is 3.11. The maximum absolute atomic E-state index is 4.64. The molecular formula is C6H10BrN5O. The van der Waals surface area contributed by atoms with E-state index < -0.39 is 0 Å². The molecule has 1 rings (SSSR count). The van der Waals surface area contributed by atoms with E-state index >= 15 is 0 Å². The Morgan fingerprint density at radius 3 is 2.62 bits per heavy atom. The second-order valence-electron chi connectivity index (χ2n) is 2.21. The van der Waals surface area contributed by atoms with E-state index in [2.05, 4.69) is 45.7 Å². The summed E-state index contributed by atoms with van der Waals surface area (Å²) in [4.78, 5) is 12.1. The van der Waals surface area contributed by atoms with E-state index in [-0.39, 0.29) is 0 Å². The van der Waals surface area contributed by atoms with Gasteiger partial charge in [0.15, 0.2) is 0 Å². The highest BCUT2D eigenvalue weighted by atomic mass is 79.9. The first-order valence-electron chi connectivity index (χ1n) is 3.64. The molecule has 0 amide bonds. The lowest BCUT2D eigenvalue weighted by Gasteiger charge is -2.04. The number of halogens is 1. The van der Waals surface area contributed by atoms with Gasteiger partial charge in [0, 0.05) is 7.05 Å². The van der Waals surface area contributed by atoms with Crippen molar-refractivity contribution in [2.24, 2.45) is 0 Å². The van der Waals surface area contributed by atoms with Crippen molar-refractivity contribution in [2.75, 3.05) is 24.4 Å². The van der Waals surface area contributed by atoms with E-state index in [0.29, 0.717) is 24.5 Å². The molecule has 0 aliphatic rings. The summed E-state index contributed by atoms with van der Waals surface area (Å²) in [5.74, 6) is 1.66. The molecule has 72 valence electrons. The molecule has 0 radical (unpaired) electrons.